The standard InChI is InChI=1S/C17H18N4O3S/c22-14-7-5-13(6-8-14)19-9-11-20(12-10-19)17(25)18-15-3-1-2-4-16(15)21(23)24/h1-8,22H,9-12H2,(H,18,25). The first kappa shape index (κ1) is 17.0. The Balaban J connectivity index is 1.60. The van der Waals surface area contributed by atoms with E-state index >= 15 is 0 Å². The molecule has 0 amide bonds. The van der Waals surface area contributed by atoms with Crippen LogP contribution in [0.2, 0.25) is 0 Å². The number of aromatic hydroxyl groups is 1. The fraction of sp³-hybridized carbons (Fsp3) is 0.235. The molecule has 0 radical (unpaired) electrons. The van der Waals surface area contributed by atoms with E-state index in [0.717, 1.165) is 18.8 Å². The van der Waals surface area contributed by atoms with Crippen LogP contribution in [-0.4, -0.2) is 46.2 Å². The van der Waals surface area contributed by atoms with E-state index in [1.165, 1.54) is 6.07 Å². The summed E-state index contributed by atoms with van der Waals surface area (Å²) < 4.78 is 0. The highest BCUT2D eigenvalue weighted by Crippen LogP contribution is 2.24. The fourth-order valence-electron chi connectivity index (χ4n) is 2.76. The molecule has 25 heavy (non-hydrogen) atoms. The molecule has 2 N–H and O–H groups in total. The lowest BCUT2D eigenvalue weighted by molar-refractivity contribution is -0.383. The smallest absolute Gasteiger partial charge is 0.292 e. The fourth-order valence-corrected chi connectivity index (χ4v) is 3.06. The summed E-state index contributed by atoms with van der Waals surface area (Å²) in [6, 6.07) is 13.6. The van der Waals surface area contributed by atoms with E-state index in [9.17, 15) is 15.2 Å². The van der Waals surface area contributed by atoms with Crippen molar-refractivity contribution in [2.75, 3.05) is 36.4 Å². The van der Waals surface area contributed by atoms with Crippen LogP contribution in [0.5, 0.6) is 5.75 Å². The number of phenols is 1. The molecule has 0 aliphatic carbocycles. The number of rotatable bonds is 3. The van der Waals surface area contributed by atoms with Crippen molar-refractivity contribution in [3.63, 3.8) is 0 Å². The van der Waals surface area contributed by atoms with Gasteiger partial charge in [0.15, 0.2) is 5.11 Å². The number of para-hydroxylation sites is 2. The minimum absolute atomic E-state index is 0.00702. The van der Waals surface area contributed by atoms with Gasteiger partial charge in [0.2, 0.25) is 0 Å². The van der Waals surface area contributed by atoms with Gasteiger partial charge in [0.05, 0.1) is 4.92 Å². The molecular formula is C17H18N4O3S. The van der Waals surface area contributed by atoms with Crippen LogP contribution in [0.15, 0.2) is 48.5 Å². The molecule has 1 aliphatic rings. The Bertz CT molecular complexity index is 774. The van der Waals surface area contributed by atoms with Crippen molar-refractivity contribution in [1.29, 1.82) is 0 Å². The lowest BCUT2D eigenvalue weighted by Crippen LogP contribution is -2.50. The second-order valence-electron chi connectivity index (χ2n) is 5.69. The predicted molar refractivity (Wildman–Crippen MR) is 101 cm³/mol. The summed E-state index contributed by atoms with van der Waals surface area (Å²) in [5.74, 6) is 0.247. The van der Waals surface area contributed by atoms with Gasteiger partial charge in [0, 0.05) is 37.9 Å². The van der Waals surface area contributed by atoms with Crippen molar-refractivity contribution >= 4 is 34.4 Å². The first-order chi connectivity index (χ1) is 12.0. The van der Waals surface area contributed by atoms with Crippen LogP contribution in [0.3, 0.4) is 0 Å². The van der Waals surface area contributed by atoms with Crippen LogP contribution in [-0.2, 0) is 0 Å². The maximum Gasteiger partial charge on any atom is 0.292 e. The highest BCUT2D eigenvalue weighted by molar-refractivity contribution is 7.80. The Labute approximate surface area is 150 Å². The zero-order valence-corrected chi connectivity index (χ0v) is 14.3. The molecular weight excluding hydrogens is 340 g/mol. The number of piperazine rings is 1. The lowest BCUT2D eigenvalue weighted by Gasteiger charge is -2.37. The van der Waals surface area contributed by atoms with E-state index in [-0.39, 0.29) is 11.4 Å². The van der Waals surface area contributed by atoms with Gasteiger partial charge in [-0.1, -0.05) is 12.1 Å². The molecule has 1 saturated heterocycles. The molecule has 0 aromatic heterocycles. The van der Waals surface area contributed by atoms with Crippen molar-refractivity contribution in [3.8, 4) is 5.75 Å². The van der Waals surface area contributed by atoms with Gasteiger partial charge < -0.3 is 20.2 Å². The monoisotopic (exact) mass is 358 g/mol. The quantitative estimate of drug-likeness (QED) is 0.496. The van der Waals surface area contributed by atoms with E-state index < -0.39 is 4.92 Å². The lowest BCUT2D eigenvalue weighted by atomic mass is 10.2. The van der Waals surface area contributed by atoms with Gasteiger partial charge in [0.1, 0.15) is 11.4 Å². The highest BCUT2D eigenvalue weighted by atomic mass is 32.1. The van der Waals surface area contributed by atoms with Crippen LogP contribution in [0.25, 0.3) is 0 Å². The number of nitro benzene ring substituents is 1. The maximum atomic E-state index is 11.1. The largest absolute Gasteiger partial charge is 0.508 e. The number of nitrogens with zero attached hydrogens (tertiary/aromatic N) is 3. The van der Waals surface area contributed by atoms with E-state index in [1.807, 2.05) is 17.0 Å². The van der Waals surface area contributed by atoms with Gasteiger partial charge in [-0.2, -0.15) is 0 Å². The molecule has 2 aromatic carbocycles. The SMILES string of the molecule is O=[N+]([O-])c1ccccc1NC(=S)N1CCN(c2ccc(O)cc2)CC1. The number of hydrogen-bond acceptors (Lipinski definition) is 5. The second-order valence-corrected chi connectivity index (χ2v) is 6.08. The van der Waals surface area contributed by atoms with Crippen LogP contribution in [0.4, 0.5) is 17.1 Å². The third-order valence-corrected chi connectivity index (χ3v) is 4.48. The van der Waals surface area contributed by atoms with E-state index in [0.29, 0.717) is 23.9 Å². The minimum Gasteiger partial charge on any atom is -0.508 e. The first-order valence-corrected chi connectivity index (χ1v) is 8.29. The van der Waals surface area contributed by atoms with Crippen molar-refractivity contribution in [2.45, 2.75) is 0 Å². The number of nitro groups is 1. The molecule has 8 heteroatoms. The van der Waals surface area contributed by atoms with Crippen molar-refractivity contribution in [2.24, 2.45) is 0 Å². The Morgan fingerprint density at radius 2 is 1.72 bits per heavy atom. The van der Waals surface area contributed by atoms with Gasteiger partial charge in [-0.15, -0.1) is 0 Å². The summed E-state index contributed by atoms with van der Waals surface area (Å²) in [7, 11) is 0. The van der Waals surface area contributed by atoms with Crippen LogP contribution >= 0.6 is 12.2 Å². The molecule has 0 saturated carbocycles. The molecule has 0 spiro atoms. The summed E-state index contributed by atoms with van der Waals surface area (Å²) >= 11 is 5.42. The normalized spacial score (nSPS) is 14.2. The zero-order valence-electron chi connectivity index (χ0n) is 13.5. The number of hydrogen-bond donors (Lipinski definition) is 2. The molecule has 2 aromatic rings. The minimum atomic E-state index is -0.423. The number of nitrogens with one attached hydrogen (secondary N) is 1. The Kier molecular flexibility index (Phi) is 4.99. The van der Waals surface area contributed by atoms with Gasteiger partial charge in [-0.05, 0) is 42.5 Å². The summed E-state index contributed by atoms with van der Waals surface area (Å²) in [4.78, 5) is 14.9. The third-order valence-electron chi connectivity index (χ3n) is 4.12. The Hall–Kier alpha value is -2.87. The van der Waals surface area contributed by atoms with Crippen molar-refractivity contribution in [3.05, 3.63) is 58.6 Å². The van der Waals surface area contributed by atoms with Crippen LogP contribution < -0.4 is 10.2 Å². The van der Waals surface area contributed by atoms with E-state index in [4.69, 9.17) is 12.2 Å². The first-order valence-electron chi connectivity index (χ1n) is 7.88. The van der Waals surface area contributed by atoms with E-state index in [1.54, 1.807) is 30.3 Å². The zero-order chi connectivity index (χ0) is 17.8. The summed E-state index contributed by atoms with van der Waals surface area (Å²) in [6.07, 6.45) is 0. The highest BCUT2D eigenvalue weighted by Gasteiger charge is 2.21. The summed E-state index contributed by atoms with van der Waals surface area (Å²) in [5.41, 5.74) is 1.46. The van der Waals surface area contributed by atoms with Gasteiger partial charge in [-0.3, -0.25) is 10.1 Å². The second kappa shape index (κ2) is 7.35. The number of phenolic OH excluding ortho intramolecular Hbond substituents is 1. The van der Waals surface area contributed by atoms with Gasteiger partial charge >= 0.3 is 0 Å². The van der Waals surface area contributed by atoms with Crippen LogP contribution in [0, 0.1) is 10.1 Å². The van der Waals surface area contributed by atoms with Crippen LogP contribution in [0.1, 0.15) is 0 Å². The molecule has 0 bridgehead atoms. The molecule has 0 unspecified atom stereocenters. The molecule has 3 rings (SSSR count). The van der Waals surface area contributed by atoms with Gasteiger partial charge in [0.25, 0.3) is 5.69 Å². The number of benzene rings is 2. The average Bonchev–Trinajstić information content (AvgIpc) is 2.63. The van der Waals surface area contributed by atoms with Crippen molar-refractivity contribution in [1.82, 2.24) is 4.90 Å². The molecule has 7 nitrogen and oxygen atoms in total. The number of anilines is 2. The maximum absolute atomic E-state index is 11.1. The Morgan fingerprint density at radius 1 is 1.08 bits per heavy atom. The predicted octanol–water partition coefficient (Wildman–Crippen LogP) is 2.82. The molecule has 1 heterocycles. The van der Waals surface area contributed by atoms with Crippen molar-refractivity contribution < 1.29 is 10.0 Å². The Morgan fingerprint density at radius 3 is 2.36 bits per heavy atom. The third kappa shape index (κ3) is 3.97. The summed E-state index contributed by atoms with van der Waals surface area (Å²) in [6.45, 7) is 2.99. The van der Waals surface area contributed by atoms with E-state index in [2.05, 4.69) is 10.2 Å². The molecule has 1 fully saturated rings. The number of thiocarbonyl (C=S) groups is 1. The average molecular weight is 358 g/mol. The molecule has 1 aliphatic heterocycles. The summed E-state index contributed by atoms with van der Waals surface area (Å²) in [5, 5.41) is 23.9. The van der Waals surface area contributed by atoms with Gasteiger partial charge in [-0.25, -0.2) is 0 Å². The molecule has 130 valence electrons. The molecule has 0 atom stereocenters. The topological polar surface area (TPSA) is 81.9 Å².